The Hall–Kier alpha value is -4.91. The Balaban J connectivity index is 1.68. The molecule has 1 N–H and O–H groups in total. The van der Waals surface area contributed by atoms with Crippen LogP contribution in [-0.4, -0.2) is 72.3 Å². The molecule has 1 aromatic heterocycles. The van der Waals surface area contributed by atoms with Gasteiger partial charge in [0.2, 0.25) is 12.4 Å². The molecule has 2 heterocycles. The monoisotopic (exact) mass is 612 g/mol. The molecule has 0 radical (unpaired) electrons. The first-order valence-electron chi connectivity index (χ1n) is 13.7. The predicted octanol–water partition coefficient (Wildman–Crippen LogP) is 3.38. The predicted molar refractivity (Wildman–Crippen MR) is 150 cm³/mol. The second kappa shape index (κ2) is 14.0. The number of carboxylic acid groups (broad SMARTS) is 1. The van der Waals surface area contributed by atoms with Gasteiger partial charge in [-0.2, -0.15) is 0 Å². The van der Waals surface area contributed by atoms with E-state index in [1.54, 1.807) is 36.6 Å². The molecule has 3 aromatic rings. The van der Waals surface area contributed by atoms with Crippen molar-refractivity contribution in [1.29, 1.82) is 0 Å². The lowest BCUT2D eigenvalue weighted by Gasteiger charge is -2.44. The number of ether oxygens (including phenoxy) is 6. The van der Waals surface area contributed by atoms with Gasteiger partial charge in [0.15, 0.2) is 12.2 Å². The average molecular weight is 613 g/mol. The third-order valence-electron chi connectivity index (χ3n) is 6.71. The molecule has 0 amide bonds. The molecular formula is C31H32O13. The summed E-state index contributed by atoms with van der Waals surface area (Å²) in [7, 11) is 0. The fourth-order valence-corrected chi connectivity index (χ4v) is 4.90. The molecule has 0 saturated carbocycles. The highest BCUT2D eigenvalue weighted by Crippen LogP contribution is 2.36. The minimum atomic E-state index is -1.41. The van der Waals surface area contributed by atoms with E-state index in [1.807, 2.05) is 0 Å². The second-order valence-corrected chi connectivity index (χ2v) is 10.1. The highest BCUT2D eigenvalue weighted by molar-refractivity contribution is 5.88. The average Bonchev–Trinajstić information content (AvgIpc) is 3.37. The van der Waals surface area contributed by atoms with Crippen LogP contribution in [0.4, 0.5) is 0 Å². The topological polar surface area (TPSA) is 174 Å². The van der Waals surface area contributed by atoms with Crippen LogP contribution in [0.2, 0.25) is 0 Å². The molecular weight excluding hydrogens is 580 g/mol. The number of hydrogen-bond donors (Lipinski definition) is 1. The van der Waals surface area contributed by atoms with E-state index in [4.69, 9.17) is 37.9 Å². The number of aryl methyl sites for hydroxylation is 2. The van der Waals surface area contributed by atoms with E-state index in [1.165, 1.54) is 19.1 Å². The first kappa shape index (κ1) is 32.0. The first-order valence-corrected chi connectivity index (χ1v) is 13.7. The highest BCUT2D eigenvalue weighted by Gasteiger charge is 2.53. The van der Waals surface area contributed by atoms with Crippen molar-refractivity contribution in [2.45, 2.75) is 71.2 Å². The molecule has 44 heavy (non-hydrogen) atoms. The van der Waals surface area contributed by atoms with Crippen LogP contribution in [0.25, 0.3) is 11.0 Å². The summed E-state index contributed by atoms with van der Waals surface area (Å²) in [4.78, 5) is 59.1. The first-order chi connectivity index (χ1) is 20.9. The molecule has 1 aliphatic rings. The number of furan rings is 1. The zero-order valence-electron chi connectivity index (χ0n) is 24.5. The van der Waals surface area contributed by atoms with Gasteiger partial charge in [-0.15, -0.1) is 0 Å². The summed E-state index contributed by atoms with van der Waals surface area (Å²) in [5.74, 6) is -3.61. The van der Waals surface area contributed by atoms with Crippen molar-refractivity contribution in [3.8, 4) is 5.75 Å². The van der Waals surface area contributed by atoms with Crippen LogP contribution in [0.5, 0.6) is 5.75 Å². The van der Waals surface area contributed by atoms with Crippen molar-refractivity contribution in [3.63, 3.8) is 0 Å². The molecule has 4 rings (SSSR count). The molecule has 0 aliphatic carbocycles. The molecule has 0 unspecified atom stereocenters. The molecule has 0 spiro atoms. The quantitative estimate of drug-likeness (QED) is 0.247. The zero-order valence-corrected chi connectivity index (χ0v) is 24.5. The van der Waals surface area contributed by atoms with Gasteiger partial charge in [0, 0.05) is 33.3 Å². The standard InChI is InChI=1S/C31H32O13/c1-16(32)38-15-25-27(40-17(2)33)28(41-18(3)34)29(42-19(4)35)31(44-25)43-24-7-5-6-23-26(24)22(14-39-23)13-10-20-8-11-21(12-9-20)30(36)37/h5-9,11-12,14,25,27-29,31H,10,13,15H2,1-4H3,(H,36,37)/t25-,27-,28+,29-,31-/m1/s1. The van der Waals surface area contributed by atoms with E-state index in [9.17, 15) is 24.0 Å². The van der Waals surface area contributed by atoms with Gasteiger partial charge in [0.05, 0.1) is 17.2 Å². The minimum Gasteiger partial charge on any atom is -0.478 e. The lowest BCUT2D eigenvalue weighted by atomic mass is 9.98. The van der Waals surface area contributed by atoms with E-state index >= 15 is 0 Å². The van der Waals surface area contributed by atoms with Gasteiger partial charge in [-0.1, -0.05) is 18.2 Å². The number of fused-ring (bicyclic) bond motifs is 1. The molecule has 1 aliphatic heterocycles. The Kier molecular flexibility index (Phi) is 10.2. The van der Waals surface area contributed by atoms with Crippen LogP contribution in [0.1, 0.15) is 49.2 Å². The summed E-state index contributed by atoms with van der Waals surface area (Å²) >= 11 is 0. The molecule has 0 bridgehead atoms. The van der Waals surface area contributed by atoms with Crippen molar-refractivity contribution in [2.75, 3.05) is 6.61 Å². The largest absolute Gasteiger partial charge is 0.478 e. The van der Waals surface area contributed by atoms with Crippen molar-refractivity contribution in [1.82, 2.24) is 0 Å². The summed E-state index contributed by atoms with van der Waals surface area (Å²) in [5.41, 5.74) is 2.35. The number of esters is 4. The summed E-state index contributed by atoms with van der Waals surface area (Å²) in [6.07, 6.45) is -4.03. The van der Waals surface area contributed by atoms with Crippen LogP contribution in [0.3, 0.4) is 0 Å². The number of carboxylic acids is 1. The second-order valence-electron chi connectivity index (χ2n) is 10.1. The fraction of sp³-hybridized carbons (Fsp3) is 0.387. The Morgan fingerprint density at radius 2 is 1.41 bits per heavy atom. The van der Waals surface area contributed by atoms with Gasteiger partial charge in [-0.3, -0.25) is 19.2 Å². The van der Waals surface area contributed by atoms with Crippen molar-refractivity contribution in [2.24, 2.45) is 0 Å². The Labute approximate surface area is 251 Å². The van der Waals surface area contributed by atoms with Crippen molar-refractivity contribution >= 4 is 40.8 Å². The van der Waals surface area contributed by atoms with Gasteiger partial charge in [0.25, 0.3) is 0 Å². The van der Waals surface area contributed by atoms with Gasteiger partial charge in [-0.25, -0.2) is 4.79 Å². The molecule has 13 nitrogen and oxygen atoms in total. The Morgan fingerprint density at radius 1 is 0.773 bits per heavy atom. The third-order valence-corrected chi connectivity index (χ3v) is 6.71. The van der Waals surface area contributed by atoms with Crippen molar-refractivity contribution in [3.05, 3.63) is 65.4 Å². The van der Waals surface area contributed by atoms with E-state index in [0.29, 0.717) is 23.8 Å². The lowest BCUT2D eigenvalue weighted by molar-refractivity contribution is -0.288. The van der Waals surface area contributed by atoms with E-state index in [2.05, 4.69) is 0 Å². The summed E-state index contributed by atoms with van der Waals surface area (Å²) in [6.45, 7) is 4.21. The molecule has 234 valence electrons. The van der Waals surface area contributed by atoms with Crippen LogP contribution in [0, 0.1) is 0 Å². The maximum atomic E-state index is 12.2. The number of rotatable bonds is 11. The number of carbonyl (C=O) groups excluding carboxylic acids is 4. The maximum absolute atomic E-state index is 12.2. The fourth-order valence-electron chi connectivity index (χ4n) is 4.90. The van der Waals surface area contributed by atoms with Crippen LogP contribution >= 0.6 is 0 Å². The molecule has 1 saturated heterocycles. The summed E-state index contributed by atoms with van der Waals surface area (Å²) in [5, 5.41) is 9.76. The number of hydrogen-bond acceptors (Lipinski definition) is 12. The molecule has 1 fully saturated rings. The van der Waals surface area contributed by atoms with Gasteiger partial charge < -0.3 is 37.9 Å². The Morgan fingerprint density at radius 3 is 2.02 bits per heavy atom. The smallest absolute Gasteiger partial charge is 0.335 e. The summed E-state index contributed by atoms with van der Waals surface area (Å²) in [6, 6.07) is 11.6. The maximum Gasteiger partial charge on any atom is 0.335 e. The number of carbonyl (C=O) groups is 5. The lowest BCUT2D eigenvalue weighted by Crippen LogP contribution is -2.63. The van der Waals surface area contributed by atoms with E-state index in [-0.39, 0.29) is 17.9 Å². The number of aromatic carboxylic acids is 1. The SMILES string of the molecule is CC(=O)OC[C@H]1O[C@@H](Oc2cccc3occ(CCc4ccc(C(=O)O)cc4)c23)[C@H](OC(C)=O)[C@@H](OC(C)=O)[C@@H]1OC(C)=O. The summed E-state index contributed by atoms with van der Waals surface area (Å²) < 4.78 is 39.6. The number of benzene rings is 2. The van der Waals surface area contributed by atoms with Crippen LogP contribution < -0.4 is 4.74 Å². The normalized spacial score (nSPS) is 21.2. The van der Waals surface area contributed by atoms with Gasteiger partial charge in [-0.05, 0) is 42.7 Å². The van der Waals surface area contributed by atoms with Crippen molar-refractivity contribution < 1.29 is 61.9 Å². The van der Waals surface area contributed by atoms with Crippen LogP contribution in [-0.2, 0) is 55.7 Å². The van der Waals surface area contributed by atoms with Gasteiger partial charge >= 0.3 is 29.8 Å². The molecule has 2 aromatic carbocycles. The van der Waals surface area contributed by atoms with E-state index in [0.717, 1.165) is 31.9 Å². The molecule has 5 atom stereocenters. The third kappa shape index (κ3) is 7.92. The van der Waals surface area contributed by atoms with Gasteiger partial charge in [0.1, 0.15) is 24.0 Å². The zero-order chi connectivity index (χ0) is 32.0. The Bertz CT molecular complexity index is 1520. The van der Waals surface area contributed by atoms with Crippen LogP contribution in [0.15, 0.2) is 53.1 Å². The minimum absolute atomic E-state index is 0.183. The molecule has 13 heteroatoms. The highest BCUT2D eigenvalue weighted by atomic mass is 16.7. The van der Waals surface area contributed by atoms with E-state index < -0.39 is 60.6 Å².